The number of hydrogen-bond donors (Lipinski definition) is 0. The van der Waals surface area contributed by atoms with E-state index >= 15 is 0 Å². The molecule has 0 bridgehead atoms. The lowest BCUT2D eigenvalue weighted by molar-refractivity contribution is -0.385. The van der Waals surface area contributed by atoms with Crippen molar-refractivity contribution in [1.29, 1.82) is 0 Å². The maximum atomic E-state index is 13.3. The number of hydrogen-bond acceptors (Lipinski definition) is 6. The van der Waals surface area contributed by atoms with Crippen LogP contribution in [0.5, 0.6) is 5.75 Å². The Morgan fingerprint density at radius 3 is 2.69 bits per heavy atom. The van der Waals surface area contributed by atoms with Crippen LogP contribution >= 0.6 is 27.5 Å². The zero-order chi connectivity index (χ0) is 24.9. The molecule has 0 saturated heterocycles. The Bertz CT molecular complexity index is 1490. The van der Waals surface area contributed by atoms with E-state index in [2.05, 4.69) is 26.0 Å². The van der Waals surface area contributed by atoms with Crippen LogP contribution in [0.3, 0.4) is 0 Å². The summed E-state index contributed by atoms with van der Waals surface area (Å²) in [6.07, 6.45) is 2.61. The van der Waals surface area contributed by atoms with Crippen LogP contribution in [0.2, 0.25) is 5.02 Å². The highest BCUT2D eigenvalue weighted by Gasteiger charge is 2.21. The van der Waals surface area contributed by atoms with Crippen LogP contribution < -0.4 is 10.3 Å². The van der Waals surface area contributed by atoms with Gasteiger partial charge in [-0.05, 0) is 36.2 Å². The number of aromatic nitrogens is 2. The fourth-order valence-electron chi connectivity index (χ4n) is 3.54. The fraction of sp³-hybridized carbons (Fsp3) is 0.160. The molecular formula is C25H20BrClN4O4. The van der Waals surface area contributed by atoms with E-state index in [1.165, 1.54) is 23.0 Å². The van der Waals surface area contributed by atoms with Crippen molar-refractivity contribution in [3.05, 3.63) is 108 Å². The summed E-state index contributed by atoms with van der Waals surface area (Å²) >= 11 is 9.55. The van der Waals surface area contributed by atoms with Gasteiger partial charge in [0, 0.05) is 27.5 Å². The van der Waals surface area contributed by atoms with Crippen molar-refractivity contribution in [3.8, 4) is 5.75 Å². The van der Waals surface area contributed by atoms with E-state index < -0.39 is 4.92 Å². The van der Waals surface area contributed by atoms with Crippen LogP contribution in [0.25, 0.3) is 10.9 Å². The second-order valence-corrected chi connectivity index (χ2v) is 9.03. The van der Waals surface area contributed by atoms with Crippen molar-refractivity contribution in [2.45, 2.75) is 26.4 Å². The molecule has 1 heterocycles. The first-order valence-corrected chi connectivity index (χ1v) is 11.9. The molecule has 0 radical (unpaired) electrons. The van der Waals surface area contributed by atoms with E-state index in [0.29, 0.717) is 23.1 Å². The molecule has 1 aromatic heterocycles. The highest BCUT2D eigenvalue weighted by molar-refractivity contribution is 9.10. The monoisotopic (exact) mass is 554 g/mol. The van der Waals surface area contributed by atoms with Crippen molar-refractivity contribution in [1.82, 2.24) is 9.66 Å². The predicted molar refractivity (Wildman–Crippen MR) is 140 cm³/mol. The van der Waals surface area contributed by atoms with E-state index in [1.54, 1.807) is 12.1 Å². The molecule has 35 heavy (non-hydrogen) atoms. The number of aryl methyl sites for hydroxylation is 1. The minimum Gasteiger partial charge on any atom is -0.481 e. The van der Waals surface area contributed by atoms with E-state index in [0.717, 1.165) is 16.5 Å². The normalized spacial score (nSPS) is 11.3. The molecule has 10 heteroatoms. The standard InChI is InChI=1S/C25H20BrClN4O4/c1-2-6-23-29-21-10-9-18(26)12-20(21)25(32)30(23)28-14-17-11-19(27)13-22(31(33)34)24(17)35-15-16-7-4-3-5-8-16/h3-5,7-14H,2,6,15H2,1H3. The molecule has 0 N–H and O–H groups in total. The van der Waals surface area contributed by atoms with Crippen molar-refractivity contribution < 1.29 is 9.66 Å². The topological polar surface area (TPSA) is 99.6 Å². The Hall–Kier alpha value is -3.56. The van der Waals surface area contributed by atoms with Gasteiger partial charge in [0.05, 0.1) is 22.0 Å². The third kappa shape index (κ3) is 5.58. The molecule has 0 unspecified atom stereocenters. The summed E-state index contributed by atoms with van der Waals surface area (Å²) < 4.78 is 7.81. The molecule has 0 aliphatic carbocycles. The molecule has 0 saturated carbocycles. The molecule has 0 aliphatic heterocycles. The van der Waals surface area contributed by atoms with E-state index in [1.807, 2.05) is 43.3 Å². The first-order valence-electron chi connectivity index (χ1n) is 10.8. The summed E-state index contributed by atoms with van der Waals surface area (Å²) in [7, 11) is 0. The van der Waals surface area contributed by atoms with E-state index in [4.69, 9.17) is 16.3 Å². The van der Waals surface area contributed by atoms with Gasteiger partial charge in [-0.25, -0.2) is 4.98 Å². The molecule has 0 amide bonds. The maximum absolute atomic E-state index is 13.3. The van der Waals surface area contributed by atoms with E-state index in [-0.39, 0.29) is 34.2 Å². The van der Waals surface area contributed by atoms with Gasteiger partial charge in [0.25, 0.3) is 5.56 Å². The molecule has 4 aromatic rings. The van der Waals surface area contributed by atoms with Gasteiger partial charge in [-0.3, -0.25) is 14.9 Å². The molecule has 0 fully saturated rings. The maximum Gasteiger partial charge on any atom is 0.313 e. The van der Waals surface area contributed by atoms with Crippen LogP contribution in [0, 0.1) is 10.1 Å². The van der Waals surface area contributed by atoms with Gasteiger partial charge < -0.3 is 4.74 Å². The Morgan fingerprint density at radius 2 is 1.97 bits per heavy atom. The number of nitro benzene ring substituents is 1. The number of nitrogens with zero attached hydrogens (tertiary/aromatic N) is 4. The largest absolute Gasteiger partial charge is 0.481 e. The predicted octanol–water partition coefficient (Wildman–Crippen LogP) is 6.13. The molecule has 178 valence electrons. The summed E-state index contributed by atoms with van der Waals surface area (Å²) in [5.74, 6) is 0.487. The molecule has 0 atom stereocenters. The zero-order valence-electron chi connectivity index (χ0n) is 18.6. The van der Waals surface area contributed by atoms with Gasteiger partial charge in [-0.15, -0.1) is 0 Å². The van der Waals surface area contributed by atoms with Crippen molar-refractivity contribution in [2.24, 2.45) is 5.10 Å². The second kappa shape index (κ2) is 10.8. The molecule has 0 spiro atoms. The third-order valence-electron chi connectivity index (χ3n) is 5.15. The molecule has 3 aromatic carbocycles. The smallest absolute Gasteiger partial charge is 0.313 e. The van der Waals surface area contributed by atoms with Gasteiger partial charge in [0.15, 0.2) is 0 Å². The fourth-order valence-corrected chi connectivity index (χ4v) is 4.12. The summed E-state index contributed by atoms with van der Waals surface area (Å²) in [4.78, 5) is 29.0. The van der Waals surface area contributed by atoms with Gasteiger partial charge in [-0.1, -0.05) is 64.8 Å². The van der Waals surface area contributed by atoms with Gasteiger partial charge in [-0.2, -0.15) is 9.78 Å². The summed E-state index contributed by atoms with van der Waals surface area (Å²) in [6, 6.07) is 17.3. The van der Waals surface area contributed by atoms with E-state index in [9.17, 15) is 14.9 Å². The van der Waals surface area contributed by atoms with Crippen molar-refractivity contribution in [2.75, 3.05) is 0 Å². The number of nitro groups is 1. The average molecular weight is 556 g/mol. The van der Waals surface area contributed by atoms with Crippen LogP contribution in [0.15, 0.2) is 75.0 Å². The molecule has 0 aliphatic rings. The van der Waals surface area contributed by atoms with Gasteiger partial charge in [0.1, 0.15) is 12.4 Å². The summed E-state index contributed by atoms with van der Waals surface area (Å²) in [5.41, 5.74) is 1.03. The Morgan fingerprint density at radius 1 is 1.20 bits per heavy atom. The highest BCUT2D eigenvalue weighted by atomic mass is 79.9. The lowest BCUT2D eigenvalue weighted by Gasteiger charge is -2.11. The first kappa shape index (κ1) is 24.6. The van der Waals surface area contributed by atoms with Crippen molar-refractivity contribution >= 4 is 50.3 Å². The highest BCUT2D eigenvalue weighted by Crippen LogP contribution is 2.34. The quantitative estimate of drug-likeness (QED) is 0.148. The number of rotatable bonds is 8. The first-order chi connectivity index (χ1) is 16.9. The molecule has 8 nitrogen and oxygen atoms in total. The minimum atomic E-state index is -0.562. The molecular weight excluding hydrogens is 536 g/mol. The van der Waals surface area contributed by atoms with Crippen LogP contribution in [0.4, 0.5) is 5.69 Å². The Balaban J connectivity index is 1.82. The Kier molecular flexibility index (Phi) is 7.57. The summed E-state index contributed by atoms with van der Waals surface area (Å²) in [5, 5.41) is 16.7. The van der Waals surface area contributed by atoms with Gasteiger partial charge >= 0.3 is 5.69 Å². The third-order valence-corrected chi connectivity index (χ3v) is 5.86. The average Bonchev–Trinajstić information content (AvgIpc) is 2.84. The second-order valence-electron chi connectivity index (χ2n) is 7.68. The van der Waals surface area contributed by atoms with Gasteiger partial charge in [0.2, 0.25) is 5.75 Å². The van der Waals surface area contributed by atoms with Crippen LogP contribution in [-0.4, -0.2) is 20.8 Å². The number of benzene rings is 3. The Labute approximate surface area is 214 Å². The van der Waals surface area contributed by atoms with Crippen LogP contribution in [-0.2, 0) is 13.0 Å². The lowest BCUT2D eigenvalue weighted by Crippen LogP contribution is -2.22. The zero-order valence-corrected chi connectivity index (χ0v) is 21.0. The lowest BCUT2D eigenvalue weighted by atomic mass is 10.2. The van der Waals surface area contributed by atoms with Crippen molar-refractivity contribution in [3.63, 3.8) is 0 Å². The van der Waals surface area contributed by atoms with Crippen LogP contribution in [0.1, 0.15) is 30.3 Å². The number of halogens is 2. The summed E-state index contributed by atoms with van der Waals surface area (Å²) in [6.45, 7) is 2.08. The minimum absolute atomic E-state index is 0.00795. The molecule has 4 rings (SSSR count). The SMILES string of the molecule is CCCc1nc2ccc(Br)cc2c(=O)n1N=Cc1cc(Cl)cc([N+](=O)[O-])c1OCc1ccccc1. The number of fused-ring (bicyclic) bond motifs is 1. The number of ether oxygens (including phenoxy) is 1.